The second-order valence-electron chi connectivity index (χ2n) is 4.81. The molecule has 0 bridgehead atoms. The number of nitrogens with two attached hydrogens (primary N) is 1. The topological polar surface area (TPSA) is 47.1 Å². The molecule has 1 aliphatic heterocycles. The van der Waals surface area contributed by atoms with Gasteiger partial charge in [0, 0.05) is 26.1 Å². The molecule has 0 amide bonds. The molecule has 4 nitrogen and oxygen atoms in total. The molecule has 0 aliphatic carbocycles. The Morgan fingerprint density at radius 3 is 3.00 bits per heavy atom. The molecule has 1 aromatic carbocycles. The highest BCUT2D eigenvalue weighted by atomic mass is 15.4. The van der Waals surface area contributed by atoms with E-state index in [4.69, 9.17) is 10.8 Å². The summed E-state index contributed by atoms with van der Waals surface area (Å²) in [7, 11) is 0. The van der Waals surface area contributed by atoms with Crippen LogP contribution in [-0.2, 0) is 13.0 Å². The van der Waals surface area contributed by atoms with Gasteiger partial charge in [0.15, 0.2) is 0 Å². The molecule has 90 valence electrons. The van der Waals surface area contributed by atoms with E-state index in [0.717, 1.165) is 38.0 Å². The van der Waals surface area contributed by atoms with Crippen LogP contribution in [0.3, 0.4) is 0 Å². The molecule has 0 saturated carbocycles. The van der Waals surface area contributed by atoms with E-state index < -0.39 is 0 Å². The number of imidazole rings is 1. The first-order chi connectivity index (χ1) is 8.24. The van der Waals surface area contributed by atoms with Crippen molar-refractivity contribution in [1.82, 2.24) is 14.6 Å². The van der Waals surface area contributed by atoms with Crippen LogP contribution in [0.4, 0.5) is 0 Å². The summed E-state index contributed by atoms with van der Waals surface area (Å²) in [6.07, 6.45) is 2.02. The number of hydrogen-bond donors (Lipinski definition) is 1. The Bertz CT molecular complexity index is 544. The molecule has 2 N–H and O–H groups in total. The zero-order valence-electron chi connectivity index (χ0n) is 10.2. The normalized spacial score (nSPS) is 17.8. The molecule has 17 heavy (non-hydrogen) atoms. The van der Waals surface area contributed by atoms with Crippen LogP contribution in [0.25, 0.3) is 11.0 Å². The summed E-state index contributed by atoms with van der Waals surface area (Å²) in [4.78, 5) is 4.73. The second-order valence-corrected chi connectivity index (χ2v) is 4.81. The summed E-state index contributed by atoms with van der Waals surface area (Å²) in [5, 5.41) is 1.90. The van der Waals surface area contributed by atoms with E-state index in [1.165, 1.54) is 16.9 Å². The summed E-state index contributed by atoms with van der Waals surface area (Å²) in [6.45, 7) is 4.98. The van der Waals surface area contributed by atoms with Gasteiger partial charge in [-0.05, 0) is 31.0 Å². The first-order valence-electron chi connectivity index (χ1n) is 6.19. The van der Waals surface area contributed by atoms with Gasteiger partial charge in [0.25, 0.3) is 0 Å². The maximum absolute atomic E-state index is 5.88. The lowest BCUT2D eigenvalue weighted by Gasteiger charge is -2.20. The first-order valence-corrected chi connectivity index (χ1v) is 6.19. The Hall–Kier alpha value is -1.39. The molecule has 1 aromatic heterocycles. The smallest absolute Gasteiger partial charge is 0.111 e. The molecular weight excluding hydrogens is 212 g/mol. The lowest BCUT2D eigenvalue weighted by molar-refractivity contribution is 0.264. The van der Waals surface area contributed by atoms with E-state index in [0.29, 0.717) is 0 Å². The number of benzene rings is 1. The van der Waals surface area contributed by atoms with Crippen LogP contribution in [0.15, 0.2) is 18.2 Å². The Labute approximate surface area is 101 Å². The minimum atomic E-state index is 0.891. The van der Waals surface area contributed by atoms with Crippen LogP contribution < -0.4 is 5.84 Å². The molecule has 4 heteroatoms. The summed E-state index contributed by atoms with van der Waals surface area (Å²) in [6, 6.07) is 6.50. The zero-order chi connectivity index (χ0) is 11.8. The fourth-order valence-electron chi connectivity index (χ4n) is 2.52. The minimum Gasteiger partial charge on any atom is -0.328 e. The molecule has 2 heterocycles. The fourth-order valence-corrected chi connectivity index (χ4v) is 2.52. The standard InChI is InChI=1S/C13H18N4/c1-10-3-4-12-11(9-10)15-13-5-8-16(14)6-2-7-17(12)13/h3-4,9H,2,5-8,14H2,1H3. The molecule has 0 fully saturated rings. The van der Waals surface area contributed by atoms with E-state index in [9.17, 15) is 0 Å². The van der Waals surface area contributed by atoms with Gasteiger partial charge < -0.3 is 4.57 Å². The van der Waals surface area contributed by atoms with E-state index >= 15 is 0 Å². The van der Waals surface area contributed by atoms with Crippen molar-refractivity contribution in [3.05, 3.63) is 29.6 Å². The van der Waals surface area contributed by atoms with Crippen LogP contribution in [0.1, 0.15) is 17.8 Å². The van der Waals surface area contributed by atoms with Crippen LogP contribution in [0.2, 0.25) is 0 Å². The molecule has 0 atom stereocenters. The van der Waals surface area contributed by atoms with Crippen molar-refractivity contribution in [2.24, 2.45) is 5.84 Å². The molecule has 0 saturated heterocycles. The average molecular weight is 230 g/mol. The van der Waals surface area contributed by atoms with Gasteiger partial charge in [-0.25, -0.2) is 9.99 Å². The maximum atomic E-state index is 5.88. The highest BCUT2D eigenvalue weighted by Gasteiger charge is 2.14. The molecule has 3 rings (SSSR count). The Kier molecular flexibility index (Phi) is 2.61. The van der Waals surface area contributed by atoms with Gasteiger partial charge in [-0.2, -0.15) is 0 Å². The highest BCUT2D eigenvalue weighted by Crippen LogP contribution is 2.19. The van der Waals surface area contributed by atoms with Crippen molar-refractivity contribution < 1.29 is 0 Å². The number of fused-ring (bicyclic) bond motifs is 3. The largest absolute Gasteiger partial charge is 0.328 e. The van der Waals surface area contributed by atoms with E-state index in [-0.39, 0.29) is 0 Å². The predicted molar refractivity (Wildman–Crippen MR) is 68.6 cm³/mol. The van der Waals surface area contributed by atoms with E-state index in [1.54, 1.807) is 0 Å². The minimum absolute atomic E-state index is 0.891. The molecule has 1 aliphatic rings. The fraction of sp³-hybridized carbons (Fsp3) is 0.462. The van der Waals surface area contributed by atoms with Gasteiger partial charge in [0.05, 0.1) is 11.0 Å². The van der Waals surface area contributed by atoms with Crippen molar-refractivity contribution in [2.75, 3.05) is 13.1 Å². The van der Waals surface area contributed by atoms with Crippen molar-refractivity contribution in [3.63, 3.8) is 0 Å². The van der Waals surface area contributed by atoms with Gasteiger partial charge in [-0.1, -0.05) is 6.07 Å². The van der Waals surface area contributed by atoms with Crippen LogP contribution in [-0.4, -0.2) is 27.6 Å². The van der Waals surface area contributed by atoms with Gasteiger partial charge in [0.1, 0.15) is 5.82 Å². The number of hydrogen-bond acceptors (Lipinski definition) is 3. The molecule has 0 radical (unpaired) electrons. The summed E-state index contributed by atoms with van der Waals surface area (Å²) in [5.41, 5.74) is 3.64. The summed E-state index contributed by atoms with van der Waals surface area (Å²) >= 11 is 0. The van der Waals surface area contributed by atoms with Gasteiger partial charge >= 0.3 is 0 Å². The van der Waals surface area contributed by atoms with Gasteiger partial charge in [-0.3, -0.25) is 5.84 Å². The number of nitrogens with zero attached hydrogens (tertiary/aromatic N) is 3. The second kappa shape index (κ2) is 4.13. The van der Waals surface area contributed by atoms with Gasteiger partial charge in [0.2, 0.25) is 0 Å². The average Bonchev–Trinajstić information content (AvgIpc) is 2.61. The summed E-state index contributed by atoms with van der Waals surface area (Å²) in [5.74, 6) is 7.04. The third kappa shape index (κ3) is 1.94. The van der Waals surface area contributed by atoms with Crippen molar-refractivity contribution in [1.29, 1.82) is 0 Å². The number of hydrazine groups is 1. The lowest BCUT2D eigenvalue weighted by atomic mass is 10.2. The molecule has 2 aromatic rings. The van der Waals surface area contributed by atoms with Crippen LogP contribution >= 0.6 is 0 Å². The van der Waals surface area contributed by atoms with Crippen molar-refractivity contribution in [2.45, 2.75) is 26.3 Å². The Morgan fingerprint density at radius 1 is 1.24 bits per heavy atom. The number of aromatic nitrogens is 2. The zero-order valence-corrected chi connectivity index (χ0v) is 10.2. The Balaban J connectivity index is 2.09. The monoisotopic (exact) mass is 230 g/mol. The SMILES string of the molecule is Cc1ccc2c(c1)nc1n2CCCN(N)CC1. The summed E-state index contributed by atoms with van der Waals surface area (Å²) < 4.78 is 2.35. The molecular formula is C13H18N4. The number of rotatable bonds is 0. The number of aryl methyl sites for hydroxylation is 2. The van der Waals surface area contributed by atoms with Crippen LogP contribution in [0, 0.1) is 6.92 Å². The quantitative estimate of drug-likeness (QED) is 0.697. The third-order valence-corrected chi connectivity index (χ3v) is 3.43. The van der Waals surface area contributed by atoms with Crippen molar-refractivity contribution >= 4 is 11.0 Å². The van der Waals surface area contributed by atoms with E-state index in [2.05, 4.69) is 29.7 Å². The van der Waals surface area contributed by atoms with E-state index in [1.807, 2.05) is 5.01 Å². The third-order valence-electron chi connectivity index (χ3n) is 3.43. The Morgan fingerprint density at radius 2 is 2.12 bits per heavy atom. The molecule has 0 unspecified atom stereocenters. The van der Waals surface area contributed by atoms with Gasteiger partial charge in [-0.15, -0.1) is 0 Å². The molecule has 0 spiro atoms. The lowest BCUT2D eigenvalue weighted by Crippen LogP contribution is -2.36. The van der Waals surface area contributed by atoms with Crippen LogP contribution in [0.5, 0.6) is 0 Å². The first kappa shape index (κ1) is 10.7. The maximum Gasteiger partial charge on any atom is 0.111 e. The highest BCUT2D eigenvalue weighted by molar-refractivity contribution is 5.76. The van der Waals surface area contributed by atoms with Crippen molar-refractivity contribution in [3.8, 4) is 0 Å². The predicted octanol–water partition coefficient (Wildman–Crippen LogP) is 1.47.